The smallest absolute Gasteiger partial charge is 0.418 e. The number of carbonyl (C=O) groups excluding carboxylic acids is 2. The average molecular weight is 483 g/mol. The first-order valence-electron chi connectivity index (χ1n) is 7.17. The lowest BCUT2D eigenvalue weighted by Gasteiger charge is -2.11. The molecular weight excluding hydrogens is 470 g/mol. The predicted molar refractivity (Wildman–Crippen MR) is 101 cm³/mol. The van der Waals surface area contributed by atoms with Gasteiger partial charge in [0, 0.05) is 22.5 Å². The Morgan fingerprint density at radius 3 is 2.65 bits per heavy atom. The number of hydrogen-bond acceptors (Lipinski definition) is 5. The number of halogens is 4. The number of ether oxygens (including phenoxy) is 2. The highest BCUT2D eigenvalue weighted by molar-refractivity contribution is 9.10. The first kappa shape index (κ1) is 20.8. The van der Waals surface area contributed by atoms with Gasteiger partial charge in [-0.3, -0.25) is 9.36 Å². The quantitative estimate of drug-likeness (QED) is 0.469. The molecule has 1 heterocycles. The number of aromatic nitrogens is 1. The van der Waals surface area contributed by atoms with E-state index in [9.17, 15) is 14.9 Å². The molecular formula is C16H12BrCl3N2O4. The zero-order chi connectivity index (χ0) is 19.5. The Morgan fingerprint density at radius 1 is 1.38 bits per heavy atom. The van der Waals surface area contributed by atoms with Crippen LogP contribution in [0.2, 0.25) is 0 Å². The lowest BCUT2D eigenvalue weighted by atomic mass is 10.0. The lowest BCUT2D eigenvalue weighted by molar-refractivity contribution is -0.143. The third kappa shape index (κ3) is 4.83. The van der Waals surface area contributed by atoms with Crippen molar-refractivity contribution in [3.63, 3.8) is 0 Å². The van der Waals surface area contributed by atoms with Gasteiger partial charge >= 0.3 is 12.1 Å². The maximum atomic E-state index is 12.4. The Kier molecular flexibility index (Phi) is 6.80. The summed E-state index contributed by atoms with van der Waals surface area (Å²) < 4.78 is 9.83. The number of fused-ring (bicyclic) bond motifs is 1. The fraction of sp³-hybridized carbons (Fsp3) is 0.312. The van der Waals surface area contributed by atoms with Crippen molar-refractivity contribution >= 4 is 73.7 Å². The lowest BCUT2D eigenvalue weighted by Crippen LogP contribution is -2.20. The molecule has 1 atom stereocenters. The molecule has 0 N–H and O–H groups in total. The number of carbonyl (C=O) groups is 2. The molecule has 0 fully saturated rings. The molecule has 0 aliphatic heterocycles. The van der Waals surface area contributed by atoms with E-state index >= 15 is 0 Å². The minimum absolute atomic E-state index is 0.0625. The Morgan fingerprint density at radius 2 is 2.08 bits per heavy atom. The van der Waals surface area contributed by atoms with Crippen LogP contribution in [0.3, 0.4) is 0 Å². The van der Waals surface area contributed by atoms with E-state index in [1.807, 2.05) is 6.07 Å². The summed E-state index contributed by atoms with van der Waals surface area (Å²) in [6.45, 7) is -0.428. The van der Waals surface area contributed by atoms with E-state index in [1.165, 1.54) is 17.9 Å². The largest absolute Gasteiger partial charge is 0.468 e. The van der Waals surface area contributed by atoms with Crippen LogP contribution < -0.4 is 0 Å². The van der Waals surface area contributed by atoms with Crippen molar-refractivity contribution in [3.05, 3.63) is 34.4 Å². The molecule has 0 saturated heterocycles. The van der Waals surface area contributed by atoms with E-state index in [4.69, 9.17) is 39.5 Å². The average Bonchev–Trinajstić information content (AvgIpc) is 2.96. The molecule has 0 aliphatic carbocycles. The Balaban J connectivity index is 2.44. The SMILES string of the molecule is COC(=O)C(C#N)Cc1cn(C(=O)OCC(Cl)(Cl)Cl)c2cccc(Br)c12. The van der Waals surface area contributed by atoms with Gasteiger partial charge in [-0.05, 0) is 17.7 Å². The third-order valence-corrected chi connectivity index (χ3v) is 4.47. The predicted octanol–water partition coefficient (Wildman–Crippen LogP) is 4.61. The van der Waals surface area contributed by atoms with E-state index < -0.39 is 28.4 Å². The number of hydrogen-bond donors (Lipinski definition) is 0. The van der Waals surface area contributed by atoms with Crippen molar-refractivity contribution in [2.45, 2.75) is 10.2 Å². The monoisotopic (exact) mass is 480 g/mol. The second-order valence-corrected chi connectivity index (χ2v) is 8.61. The van der Waals surface area contributed by atoms with Crippen molar-refractivity contribution in [2.24, 2.45) is 5.92 Å². The molecule has 0 radical (unpaired) electrons. The van der Waals surface area contributed by atoms with Crippen LogP contribution in [0.1, 0.15) is 5.56 Å². The van der Waals surface area contributed by atoms with Crippen molar-refractivity contribution in [3.8, 4) is 6.07 Å². The molecule has 1 unspecified atom stereocenters. The first-order valence-corrected chi connectivity index (χ1v) is 9.10. The van der Waals surface area contributed by atoms with E-state index in [0.717, 1.165) is 0 Å². The summed E-state index contributed by atoms with van der Waals surface area (Å²) in [6.07, 6.45) is 0.799. The summed E-state index contributed by atoms with van der Waals surface area (Å²) in [6, 6.07) is 7.11. The van der Waals surface area contributed by atoms with Crippen LogP contribution in [-0.2, 0) is 20.7 Å². The van der Waals surface area contributed by atoms with Gasteiger partial charge in [0.25, 0.3) is 0 Å². The Hall–Kier alpha value is -1.46. The molecule has 0 saturated carbocycles. The summed E-state index contributed by atoms with van der Waals surface area (Å²) in [5.74, 6) is -1.66. The first-order chi connectivity index (χ1) is 12.2. The van der Waals surface area contributed by atoms with Gasteiger partial charge in [-0.2, -0.15) is 5.26 Å². The molecule has 1 aromatic carbocycles. The maximum absolute atomic E-state index is 12.4. The highest BCUT2D eigenvalue weighted by Gasteiger charge is 2.26. The number of methoxy groups -OCH3 is 1. The Bertz CT molecular complexity index is 886. The highest BCUT2D eigenvalue weighted by Crippen LogP contribution is 2.32. The van der Waals surface area contributed by atoms with Crippen LogP contribution >= 0.6 is 50.7 Å². The fourth-order valence-corrected chi connectivity index (χ4v) is 3.16. The molecule has 2 aromatic rings. The number of benzene rings is 1. The molecule has 10 heteroatoms. The number of esters is 1. The number of rotatable bonds is 4. The van der Waals surface area contributed by atoms with Crippen molar-refractivity contribution < 1.29 is 19.1 Å². The number of nitrogens with zero attached hydrogens (tertiary/aromatic N) is 2. The van der Waals surface area contributed by atoms with E-state index in [-0.39, 0.29) is 6.42 Å². The van der Waals surface area contributed by atoms with Crippen LogP contribution in [0.4, 0.5) is 4.79 Å². The molecule has 6 nitrogen and oxygen atoms in total. The van der Waals surface area contributed by atoms with Gasteiger partial charge in [0.2, 0.25) is 3.79 Å². The summed E-state index contributed by atoms with van der Waals surface area (Å²) in [5.41, 5.74) is 1.11. The number of alkyl halides is 3. The molecule has 1 aromatic heterocycles. The van der Waals surface area contributed by atoms with Gasteiger partial charge in [0.05, 0.1) is 18.7 Å². The fourth-order valence-electron chi connectivity index (χ4n) is 2.38. The van der Waals surface area contributed by atoms with Gasteiger partial charge in [-0.15, -0.1) is 0 Å². The molecule has 138 valence electrons. The topological polar surface area (TPSA) is 81.3 Å². The summed E-state index contributed by atoms with van der Waals surface area (Å²) in [7, 11) is 1.21. The van der Waals surface area contributed by atoms with Gasteiger partial charge in [0.15, 0.2) is 0 Å². The Labute approximate surface area is 172 Å². The maximum Gasteiger partial charge on any atom is 0.418 e. The molecule has 0 amide bonds. The van der Waals surface area contributed by atoms with Gasteiger partial charge in [-0.1, -0.05) is 56.8 Å². The van der Waals surface area contributed by atoms with Crippen LogP contribution in [-0.4, -0.2) is 34.1 Å². The van der Waals surface area contributed by atoms with Gasteiger partial charge in [-0.25, -0.2) is 4.79 Å². The van der Waals surface area contributed by atoms with Crippen molar-refractivity contribution in [1.29, 1.82) is 5.26 Å². The van der Waals surface area contributed by atoms with Crippen LogP contribution in [0.5, 0.6) is 0 Å². The summed E-state index contributed by atoms with van der Waals surface area (Å²) >= 11 is 20.2. The standard InChI is InChI=1S/C16H12BrCl3N2O4/c1-25-14(23)9(6-21)5-10-7-22(15(24)26-8-16(18,19)20)12-4-2-3-11(17)13(10)12/h2-4,7,9H,5,8H2,1H3. The second kappa shape index (κ2) is 8.49. The molecule has 26 heavy (non-hydrogen) atoms. The molecule has 0 aliphatic rings. The minimum atomic E-state index is -1.74. The molecule has 0 spiro atoms. The van der Waals surface area contributed by atoms with E-state index in [1.54, 1.807) is 18.2 Å². The van der Waals surface area contributed by atoms with Crippen LogP contribution in [0.25, 0.3) is 10.9 Å². The van der Waals surface area contributed by atoms with Crippen LogP contribution in [0.15, 0.2) is 28.9 Å². The van der Waals surface area contributed by atoms with Gasteiger partial charge < -0.3 is 9.47 Å². The van der Waals surface area contributed by atoms with E-state index in [0.29, 0.717) is 20.9 Å². The van der Waals surface area contributed by atoms with Crippen molar-refractivity contribution in [1.82, 2.24) is 4.57 Å². The second-order valence-electron chi connectivity index (χ2n) is 5.24. The van der Waals surface area contributed by atoms with E-state index in [2.05, 4.69) is 20.7 Å². The molecule has 0 bridgehead atoms. The summed E-state index contributed by atoms with van der Waals surface area (Å²) in [5, 5.41) is 9.88. The van der Waals surface area contributed by atoms with Gasteiger partial charge in [0.1, 0.15) is 12.5 Å². The molecule has 2 rings (SSSR count). The zero-order valence-corrected chi connectivity index (χ0v) is 17.2. The summed E-state index contributed by atoms with van der Waals surface area (Å²) in [4.78, 5) is 24.1. The minimum Gasteiger partial charge on any atom is -0.468 e. The third-order valence-electron chi connectivity index (χ3n) is 3.48. The number of nitriles is 1. The highest BCUT2D eigenvalue weighted by atomic mass is 79.9. The zero-order valence-electron chi connectivity index (χ0n) is 13.3. The normalized spacial score (nSPS) is 12.5. The van der Waals surface area contributed by atoms with Crippen LogP contribution in [0, 0.1) is 17.2 Å². The van der Waals surface area contributed by atoms with Crippen molar-refractivity contribution in [2.75, 3.05) is 13.7 Å².